The minimum Gasteiger partial charge on any atom is -0.436 e. The van der Waals surface area contributed by atoms with Crippen molar-refractivity contribution in [1.82, 2.24) is 13.7 Å². The highest BCUT2D eigenvalue weighted by Gasteiger charge is 2.38. The molecule has 2 atom stereocenters. The third kappa shape index (κ3) is 13.0. The van der Waals surface area contributed by atoms with Gasteiger partial charge in [-0.1, -0.05) is 44.5 Å². The van der Waals surface area contributed by atoms with E-state index in [1.54, 1.807) is 17.9 Å². The third-order valence-corrected chi connectivity index (χ3v) is 22.0. The van der Waals surface area contributed by atoms with Crippen LogP contribution in [0.2, 0.25) is 57.4 Å². The topological polar surface area (TPSA) is 103 Å². The molecule has 2 unspecified atom stereocenters. The molecule has 252 valence electrons. The van der Waals surface area contributed by atoms with E-state index in [-0.39, 0.29) is 19.6 Å². The summed E-state index contributed by atoms with van der Waals surface area (Å²) in [5, 5.41) is 0. The van der Waals surface area contributed by atoms with Gasteiger partial charge in [0.2, 0.25) is 0 Å². The van der Waals surface area contributed by atoms with Crippen LogP contribution in [0.25, 0.3) is 0 Å². The molecule has 44 heavy (non-hydrogen) atoms. The zero-order valence-corrected chi connectivity index (χ0v) is 32.7. The summed E-state index contributed by atoms with van der Waals surface area (Å²) in [6, 6.07) is 2.37. The van der Waals surface area contributed by atoms with E-state index in [4.69, 9.17) is 17.1 Å². The molecule has 0 N–H and O–H groups in total. The summed E-state index contributed by atoms with van der Waals surface area (Å²) in [6.45, 7) is 29.7. The second-order valence-electron chi connectivity index (χ2n) is 12.9. The summed E-state index contributed by atoms with van der Waals surface area (Å²) in [5.41, 5.74) is 0.152. The lowest BCUT2D eigenvalue weighted by atomic mass is 10.3. The Morgan fingerprint density at radius 2 is 1.05 bits per heavy atom. The molecule has 14 heteroatoms. The van der Waals surface area contributed by atoms with Crippen molar-refractivity contribution in [3.05, 3.63) is 69.0 Å². The molecule has 0 aliphatic carbocycles. The lowest BCUT2D eigenvalue weighted by Gasteiger charge is -2.35. The van der Waals surface area contributed by atoms with Gasteiger partial charge in [0.15, 0.2) is 16.6 Å². The fraction of sp³-hybridized carbons (Fsp3) is 0.700. The summed E-state index contributed by atoms with van der Waals surface area (Å²) >= 11 is 0. The van der Waals surface area contributed by atoms with Crippen LogP contribution >= 0.6 is 0 Å². The average Bonchev–Trinajstić information content (AvgIpc) is 2.94. The van der Waals surface area contributed by atoms with Gasteiger partial charge in [-0.2, -0.15) is 0 Å². The monoisotopic (exact) mass is 685 g/mol. The van der Waals surface area contributed by atoms with E-state index in [0.717, 1.165) is 24.9 Å². The largest absolute Gasteiger partial charge is 0.436 e. The number of unbranched alkanes of at least 4 members (excludes halogenated alkanes) is 1. The van der Waals surface area contributed by atoms with E-state index in [2.05, 4.69) is 59.4 Å². The van der Waals surface area contributed by atoms with Crippen molar-refractivity contribution in [2.75, 3.05) is 13.2 Å². The summed E-state index contributed by atoms with van der Waals surface area (Å²) in [5.74, 6) is 0. The SMILES string of the molecule is C=CCO[Si](C)(C=C)O[Si](C)(C)CCCn1c(=O)n(CCCC)c(=O)n(CCC[Si](C)(C)O[Si](C)(CCC)OCC=C)c1=O. The number of aromatic nitrogens is 3. The predicted molar refractivity (Wildman–Crippen MR) is 191 cm³/mol. The molecule has 0 spiro atoms. The Labute approximate surface area is 269 Å². The van der Waals surface area contributed by atoms with Crippen molar-refractivity contribution in [3.63, 3.8) is 0 Å². The van der Waals surface area contributed by atoms with Gasteiger partial charge in [-0.05, 0) is 76.7 Å². The first kappa shape index (κ1) is 40.4. The molecule has 0 aliphatic heterocycles. The Balaban J connectivity index is 3.18. The van der Waals surface area contributed by atoms with E-state index in [1.165, 1.54) is 13.7 Å². The van der Waals surface area contributed by atoms with Crippen molar-refractivity contribution in [1.29, 1.82) is 0 Å². The maximum atomic E-state index is 13.6. The number of nitrogens with zero attached hydrogens (tertiary/aromatic N) is 3. The lowest BCUT2D eigenvalue weighted by molar-refractivity contribution is 0.267. The first-order valence-corrected chi connectivity index (χ1v) is 27.2. The highest BCUT2D eigenvalue weighted by molar-refractivity contribution is 6.85. The van der Waals surface area contributed by atoms with Gasteiger partial charge in [-0.25, -0.2) is 28.1 Å². The molecule has 0 aromatic carbocycles. The van der Waals surface area contributed by atoms with Crippen LogP contribution in [-0.2, 0) is 36.7 Å². The fourth-order valence-corrected chi connectivity index (χ4v) is 20.5. The van der Waals surface area contributed by atoms with Gasteiger partial charge in [0, 0.05) is 19.6 Å². The van der Waals surface area contributed by atoms with Crippen LogP contribution in [0.4, 0.5) is 0 Å². The van der Waals surface area contributed by atoms with E-state index in [0.29, 0.717) is 38.5 Å². The van der Waals surface area contributed by atoms with Crippen LogP contribution in [0, 0.1) is 0 Å². The van der Waals surface area contributed by atoms with E-state index < -0.39 is 50.8 Å². The maximum absolute atomic E-state index is 13.6. The van der Waals surface area contributed by atoms with Crippen molar-refractivity contribution in [3.8, 4) is 0 Å². The second-order valence-corrected chi connectivity index (χ2v) is 28.3. The van der Waals surface area contributed by atoms with Crippen molar-refractivity contribution in [2.24, 2.45) is 0 Å². The number of rotatable bonds is 24. The lowest BCUT2D eigenvalue weighted by Crippen LogP contribution is -2.55. The Hall–Kier alpha value is -1.66. The molecule has 0 amide bonds. The van der Waals surface area contributed by atoms with Crippen LogP contribution in [-0.4, -0.2) is 60.7 Å². The molecule has 0 radical (unpaired) electrons. The standard InChI is InChI=1S/C30H59N3O7Si4/c1-12-17-20-31-28(34)32(21-18-26-41(6,7)39-43(10,16-5)37-23-13-2)30(36)33(29(31)35)22-19-27-42(8,9)40-44(11,25-15-4)38-24-14-3/h13-14,16H,2-3,5,12,15,17-27H2,1,4,6-11H3. The highest BCUT2D eigenvalue weighted by atomic mass is 28.4. The van der Waals surface area contributed by atoms with Crippen LogP contribution in [0.15, 0.2) is 52.0 Å². The van der Waals surface area contributed by atoms with Crippen molar-refractivity contribution < 1.29 is 17.1 Å². The van der Waals surface area contributed by atoms with E-state index in [9.17, 15) is 14.4 Å². The maximum Gasteiger partial charge on any atom is 0.351 e. The second kappa shape index (κ2) is 18.5. The van der Waals surface area contributed by atoms with Crippen LogP contribution < -0.4 is 17.1 Å². The molecule has 0 saturated heterocycles. The van der Waals surface area contributed by atoms with E-state index in [1.807, 2.05) is 13.5 Å². The summed E-state index contributed by atoms with van der Waals surface area (Å²) in [6.07, 6.45) is 7.09. The van der Waals surface area contributed by atoms with Gasteiger partial charge in [-0.3, -0.25) is 0 Å². The van der Waals surface area contributed by atoms with Crippen molar-refractivity contribution >= 4 is 33.8 Å². The number of hydrogen-bond acceptors (Lipinski definition) is 7. The van der Waals surface area contributed by atoms with Crippen LogP contribution in [0.5, 0.6) is 0 Å². The zero-order valence-electron chi connectivity index (χ0n) is 28.7. The summed E-state index contributed by atoms with van der Waals surface area (Å²) in [7, 11) is -9.32. The third-order valence-electron chi connectivity index (χ3n) is 7.48. The Bertz CT molecular complexity index is 1260. The van der Waals surface area contributed by atoms with E-state index >= 15 is 0 Å². The normalized spacial score (nSPS) is 15.0. The van der Waals surface area contributed by atoms with Gasteiger partial charge < -0.3 is 17.1 Å². The van der Waals surface area contributed by atoms with Gasteiger partial charge in [-0.15, -0.1) is 19.7 Å². The molecule has 1 heterocycles. The molecular formula is C30H59N3O7Si4. The van der Waals surface area contributed by atoms with Gasteiger partial charge in [0.1, 0.15) is 0 Å². The molecule has 0 bridgehead atoms. The predicted octanol–water partition coefficient (Wildman–Crippen LogP) is 5.88. The first-order valence-electron chi connectivity index (χ1n) is 16.0. The molecule has 1 aromatic heterocycles. The van der Waals surface area contributed by atoms with Crippen molar-refractivity contribution in [2.45, 2.75) is 123 Å². The highest BCUT2D eigenvalue weighted by Crippen LogP contribution is 2.25. The molecule has 0 fully saturated rings. The molecular weight excluding hydrogens is 627 g/mol. The fourth-order valence-electron chi connectivity index (χ4n) is 5.33. The Kier molecular flexibility index (Phi) is 16.9. The summed E-state index contributed by atoms with van der Waals surface area (Å²) in [4.78, 5) is 40.4. The smallest absolute Gasteiger partial charge is 0.351 e. The molecule has 1 rings (SSSR count). The minimum atomic E-state index is -2.57. The molecule has 10 nitrogen and oxygen atoms in total. The van der Waals surface area contributed by atoms with Gasteiger partial charge >= 0.3 is 34.2 Å². The van der Waals surface area contributed by atoms with Crippen LogP contribution in [0.3, 0.4) is 0 Å². The minimum absolute atomic E-state index is 0.217. The van der Waals surface area contributed by atoms with Crippen LogP contribution in [0.1, 0.15) is 46.0 Å². The van der Waals surface area contributed by atoms with Gasteiger partial charge in [0.25, 0.3) is 0 Å². The summed E-state index contributed by atoms with van der Waals surface area (Å²) < 4.78 is 28.9. The first-order chi connectivity index (χ1) is 20.5. The Morgan fingerprint density at radius 1 is 0.614 bits per heavy atom. The average molecular weight is 686 g/mol. The molecule has 1 aromatic rings. The molecule has 0 aliphatic rings. The zero-order chi connectivity index (χ0) is 33.6. The molecule has 0 saturated carbocycles. The van der Waals surface area contributed by atoms with Gasteiger partial charge in [0.05, 0.1) is 13.2 Å². The Morgan fingerprint density at radius 3 is 1.45 bits per heavy atom. The quantitative estimate of drug-likeness (QED) is 0.0990. The number of hydrogen-bond donors (Lipinski definition) is 0.